The van der Waals surface area contributed by atoms with Gasteiger partial charge in [0, 0.05) is 0 Å². The van der Waals surface area contributed by atoms with E-state index in [-0.39, 0.29) is 34.1 Å². The molecule has 236 valence electrons. The third kappa shape index (κ3) is 5.06. The van der Waals surface area contributed by atoms with E-state index < -0.39 is 86.1 Å². The number of nitrogens with two attached hydrogens (primary N) is 2. The van der Waals surface area contributed by atoms with Gasteiger partial charge < -0.3 is 20.9 Å². The smallest absolute Gasteiger partial charge is 0.382 e. The predicted octanol–water partition coefficient (Wildman–Crippen LogP) is 0.0287. The first kappa shape index (κ1) is 29.6. The van der Waals surface area contributed by atoms with Crippen molar-refractivity contribution in [3.05, 3.63) is 29.3 Å². The van der Waals surface area contributed by atoms with Gasteiger partial charge >= 0.3 is 18.2 Å². The van der Waals surface area contributed by atoms with E-state index in [2.05, 4.69) is 42.2 Å². The Morgan fingerprint density at radius 2 is 1.70 bits per heavy atom. The highest BCUT2D eigenvalue weighted by molar-refractivity contribution is 8.44. The number of ether oxygens (including phenoxy) is 2. The van der Waals surface area contributed by atoms with E-state index in [9.17, 15) is 13.6 Å². The Labute approximate surface area is 251 Å². The summed E-state index contributed by atoms with van der Waals surface area (Å²) in [6, 6.07) is 0. The molecular weight excluding hydrogens is 657 g/mol. The largest absolute Gasteiger partial charge is 0.386 e. The molecule has 0 amide bonds. The number of nitrogens with zero attached hydrogens (tertiary/aromatic N) is 7. The average Bonchev–Trinajstić information content (AvgIpc) is 3.72. The number of thiol groups is 1. The lowest BCUT2D eigenvalue weighted by atomic mass is 10.1. The van der Waals surface area contributed by atoms with Gasteiger partial charge in [0.05, 0.1) is 25.9 Å². The van der Waals surface area contributed by atoms with Crippen LogP contribution in [0.1, 0.15) is 12.5 Å². The van der Waals surface area contributed by atoms with Crippen molar-refractivity contribution in [2.45, 2.75) is 49.2 Å². The number of imidazole rings is 2. The van der Waals surface area contributed by atoms with Crippen LogP contribution in [0.2, 0.25) is 0 Å². The summed E-state index contributed by atoms with van der Waals surface area (Å²) >= 11 is 1.27. The van der Waals surface area contributed by atoms with Crippen molar-refractivity contribution in [1.29, 1.82) is 0 Å². The van der Waals surface area contributed by atoms with Gasteiger partial charge in [-0.1, -0.05) is 12.2 Å². The highest BCUT2D eigenvalue weighted by atomic mass is 32.7. The van der Waals surface area contributed by atoms with Crippen LogP contribution < -0.4 is 17.0 Å². The molecule has 4 aromatic heterocycles. The zero-order valence-electron chi connectivity index (χ0n) is 21.8. The van der Waals surface area contributed by atoms with Gasteiger partial charge in [-0.05, 0) is 0 Å². The molecule has 3 fully saturated rings. The molecule has 3 aliphatic heterocycles. The number of rotatable bonds is 2. The number of hydrogen-bond donors (Lipinski definition) is 4. The second kappa shape index (κ2) is 11.0. The van der Waals surface area contributed by atoms with Gasteiger partial charge in [-0.2, -0.15) is 9.19 Å². The highest BCUT2D eigenvalue weighted by Gasteiger charge is 2.53. The summed E-state index contributed by atoms with van der Waals surface area (Å²) in [5.74, 6) is -0.213. The number of alkyl halides is 2. The van der Waals surface area contributed by atoms with Crippen LogP contribution in [0.3, 0.4) is 0 Å². The molecule has 2 bridgehead atoms. The third-order valence-electron chi connectivity index (χ3n) is 7.09. The second-order valence-corrected chi connectivity index (χ2v) is 13.5. The minimum atomic E-state index is -4.43. The van der Waals surface area contributed by atoms with E-state index in [1.165, 1.54) is 10.9 Å². The van der Waals surface area contributed by atoms with E-state index in [0.29, 0.717) is 0 Å². The van der Waals surface area contributed by atoms with E-state index in [1.54, 1.807) is 0 Å². The van der Waals surface area contributed by atoms with Crippen LogP contribution in [0.4, 0.5) is 20.5 Å². The molecule has 3 aliphatic rings. The van der Waals surface area contributed by atoms with E-state index in [4.69, 9.17) is 38.4 Å². The number of H-pyrrole nitrogens is 1. The van der Waals surface area contributed by atoms with E-state index in [0.717, 1.165) is 17.2 Å². The molecule has 3 saturated heterocycles. The number of halogens is 2. The highest BCUT2D eigenvalue weighted by Crippen LogP contribution is 2.57. The van der Waals surface area contributed by atoms with Crippen molar-refractivity contribution in [2.75, 3.05) is 24.7 Å². The van der Waals surface area contributed by atoms with Crippen molar-refractivity contribution in [3.8, 4) is 0 Å². The summed E-state index contributed by atoms with van der Waals surface area (Å²) in [7, 11) is 0. The lowest BCUT2D eigenvalue weighted by Crippen LogP contribution is -2.35. The number of nitrogens with one attached hydrogen (secondary N) is 1. The van der Waals surface area contributed by atoms with Crippen LogP contribution in [0.15, 0.2) is 23.8 Å². The third-order valence-corrected chi connectivity index (χ3v) is 9.41. The lowest BCUT2D eigenvalue weighted by molar-refractivity contribution is -0.0538. The summed E-state index contributed by atoms with van der Waals surface area (Å²) in [6.07, 6.45) is -9.63. The second-order valence-electron chi connectivity index (χ2n) is 9.76. The molecule has 24 heteroatoms. The Morgan fingerprint density at radius 1 is 0.977 bits per heavy atom. The van der Waals surface area contributed by atoms with Gasteiger partial charge in [0.1, 0.15) is 30.2 Å². The van der Waals surface area contributed by atoms with Gasteiger partial charge in [-0.25, -0.2) is 33.3 Å². The average molecular weight is 679 g/mol. The number of hydrogen-bond acceptors (Lipinski definition) is 16. The van der Waals surface area contributed by atoms with Crippen molar-refractivity contribution >= 4 is 64.5 Å². The molecule has 10 atom stereocenters. The van der Waals surface area contributed by atoms with Gasteiger partial charge in [-0.15, -0.1) is 0 Å². The summed E-state index contributed by atoms with van der Waals surface area (Å²) < 4.78 is 93.1. The van der Waals surface area contributed by atoms with Gasteiger partial charge in [0.2, 0.25) is 5.95 Å². The number of nitrogen functional groups attached to an aromatic ring is 2. The van der Waals surface area contributed by atoms with Crippen LogP contribution in [0.5, 0.6) is 0 Å². The van der Waals surface area contributed by atoms with Crippen molar-refractivity contribution in [1.82, 2.24) is 39.0 Å². The van der Waals surface area contributed by atoms with Crippen LogP contribution in [0.25, 0.3) is 22.3 Å². The van der Waals surface area contributed by atoms with E-state index in [1.807, 2.05) is 0 Å². The fourth-order valence-electron chi connectivity index (χ4n) is 5.11. The maximum atomic E-state index is 15.9. The van der Waals surface area contributed by atoms with Crippen molar-refractivity contribution in [3.63, 3.8) is 0 Å². The Hall–Kier alpha value is -3.15. The SMILES string of the molecule is Nc1nc2c(ncn2[C@@H]2O[C@@H]3CO[P@@](=O)(S)O[C@H]4[C@@H](F)[C@H](n5cnc6c(N)ncnc65)O[C@@H]4COS(=O)O[C@@H]2[C@@H]3F)c(=O)[nH]1. The zero-order chi connectivity index (χ0) is 30.9. The molecule has 5 N–H and O–H groups in total. The topological polar surface area (TPSA) is 249 Å². The number of aromatic amines is 1. The van der Waals surface area contributed by atoms with Gasteiger partial charge in [-0.3, -0.25) is 36.3 Å². The summed E-state index contributed by atoms with van der Waals surface area (Å²) in [6.45, 7) is -5.81. The summed E-state index contributed by atoms with van der Waals surface area (Å²) in [4.78, 5) is 34.5. The maximum Gasteiger partial charge on any atom is 0.386 e. The molecule has 0 radical (unpaired) electrons. The Morgan fingerprint density at radius 3 is 2.50 bits per heavy atom. The molecule has 0 aliphatic carbocycles. The van der Waals surface area contributed by atoms with Crippen LogP contribution in [-0.4, -0.2) is 93.2 Å². The molecule has 1 unspecified atom stereocenters. The van der Waals surface area contributed by atoms with E-state index >= 15 is 8.78 Å². The first-order chi connectivity index (χ1) is 21.0. The van der Waals surface area contributed by atoms with Crippen molar-refractivity contribution < 1.29 is 44.4 Å². The van der Waals surface area contributed by atoms with Crippen LogP contribution >= 0.6 is 19.0 Å². The zero-order valence-corrected chi connectivity index (χ0v) is 24.4. The minimum absolute atomic E-state index is 0.0427. The molecule has 7 heterocycles. The number of fused-ring (bicyclic) bond motifs is 5. The Bertz CT molecular complexity index is 1880. The Balaban J connectivity index is 1.18. The minimum Gasteiger partial charge on any atom is -0.382 e. The van der Waals surface area contributed by atoms with Crippen LogP contribution in [0, 0.1) is 0 Å². The predicted molar refractivity (Wildman–Crippen MR) is 146 cm³/mol. The lowest BCUT2D eigenvalue weighted by Gasteiger charge is -2.24. The first-order valence-electron chi connectivity index (χ1n) is 12.6. The monoisotopic (exact) mass is 678 g/mol. The molecule has 19 nitrogen and oxygen atoms in total. The molecule has 7 rings (SSSR count). The first-order valence-corrected chi connectivity index (χ1v) is 16.3. The molecule has 0 aromatic carbocycles. The molecule has 0 saturated carbocycles. The van der Waals surface area contributed by atoms with Crippen LogP contribution in [-0.2, 0) is 42.8 Å². The molecule has 44 heavy (non-hydrogen) atoms. The number of aromatic nitrogens is 8. The maximum absolute atomic E-state index is 15.9. The quantitative estimate of drug-likeness (QED) is 0.161. The summed E-state index contributed by atoms with van der Waals surface area (Å²) in [5.41, 5.74) is 10.9. The molecule has 0 spiro atoms. The van der Waals surface area contributed by atoms with Crippen molar-refractivity contribution in [2.24, 2.45) is 0 Å². The van der Waals surface area contributed by atoms with Gasteiger partial charge in [0.15, 0.2) is 53.5 Å². The fraction of sp³-hybridized carbons (Fsp3) is 0.500. The molecule has 4 aromatic rings. The normalized spacial score (nSPS) is 36.6. The number of anilines is 2. The summed E-state index contributed by atoms with van der Waals surface area (Å²) in [5, 5.41) is 0. The molecular formula is C20H21F2N10O9PS2. The Kier molecular flexibility index (Phi) is 7.41. The fourth-order valence-corrected chi connectivity index (χ4v) is 7.28. The van der Waals surface area contributed by atoms with Gasteiger partial charge in [0.25, 0.3) is 5.56 Å². The standard InChI is InChI=1S/C20H21F2N10O9PS2/c21-8-6-1-36-42(34,43)40-12-7(39-18(9(12)22)31-4-27-10-14(23)25-3-26-15(10)31)2-37-44(35)41-13(8)19(38-6)32-5-28-11-16(32)29-20(24)30-17(11)33/h3-9,12-13,18-19H,1-2H2,(H,34,43)(H2,23,25,26)(H3,24,29,30,33)/t6-,7-,8-,9-,12-,13-,18-,19-,42-,44?/m1/s1.